The lowest BCUT2D eigenvalue weighted by molar-refractivity contribution is -0.0721. The summed E-state index contributed by atoms with van der Waals surface area (Å²) in [6, 6.07) is 4.71. The number of ether oxygens (including phenoxy) is 2. The number of aromatic nitrogens is 1. The van der Waals surface area contributed by atoms with Crippen LogP contribution in [-0.2, 0) is 11.3 Å². The fraction of sp³-hybridized carbons (Fsp3) is 0.688. The van der Waals surface area contributed by atoms with Gasteiger partial charge < -0.3 is 14.8 Å². The first-order valence-electron chi connectivity index (χ1n) is 7.69. The maximum Gasteiger partial charge on any atom is 0.123 e. The third kappa shape index (κ3) is 3.93. The molecule has 1 saturated carbocycles. The van der Waals surface area contributed by atoms with Crippen LogP contribution in [0, 0.1) is 0 Å². The zero-order valence-electron chi connectivity index (χ0n) is 12.3. The SMILES string of the molecule is CC1CC(Oc2ccnc(CNC3CC3)c2)CC(C)O1. The predicted octanol–water partition coefficient (Wildman–Crippen LogP) is 2.67. The molecule has 1 saturated heterocycles. The third-order valence-electron chi connectivity index (χ3n) is 3.89. The van der Waals surface area contributed by atoms with Crippen LogP contribution in [0.2, 0.25) is 0 Å². The van der Waals surface area contributed by atoms with Gasteiger partial charge in [-0.2, -0.15) is 0 Å². The van der Waals surface area contributed by atoms with Gasteiger partial charge in [0.1, 0.15) is 11.9 Å². The highest BCUT2D eigenvalue weighted by Gasteiger charge is 2.26. The molecule has 3 rings (SSSR count). The first-order chi connectivity index (χ1) is 9.69. The van der Waals surface area contributed by atoms with Crippen LogP contribution < -0.4 is 10.1 Å². The Balaban J connectivity index is 1.57. The van der Waals surface area contributed by atoms with E-state index < -0.39 is 0 Å². The fourth-order valence-electron chi connectivity index (χ4n) is 2.80. The molecule has 2 aliphatic rings. The summed E-state index contributed by atoms with van der Waals surface area (Å²) >= 11 is 0. The Morgan fingerprint density at radius 2 is 2.05 bits per heavy atom. The highest BCUT2D eigenvalue weighted by Crippen LogP contribution is 2.24. The topological polar surface area (TPSA) is 43.4 Å². The Hall–Kier alpha value is -1.13. The number of hydrogen-bond donors (Lipinski definition) is 1. The Labute approximate surface area is 120 Å². The van der Waals surface area contributed by atoms with Gasteiger partial charge in [-0.05, 0) is 32.8 Å². The number of pyridine rings is 1. The zero-order valence-corrected chi connectivity index (χ0v) is 12.3. The van der Waals surface area contributed by atoms with Gasteiger partial charge in [-0.1, -0.05) is 0 Å². The molecule has 0 bridgehead atoms. The van der Waals surface area contributed by atoms with Crippen molar-refractivity contribution in [1.82, 2.24) is 10.3 Å². The standard InChI is InChI=1S/C16H24N2O2/c1-11-7-16(8-12(2)19-11)20-15-5-6-17-14(9-15)10-18-13-3-4-13/h5-6,9,11-13,16,18H,3-4,7-8,10H2,1-2H3. The van der Waals surface area contributed by atoms with E-state index in [1.54, 1.807) is 0 Å². The number of nitrogens with zero attached hydrogens (tertiary/aromatic N) is 1. The minimum absolute atomic E-state index is 0.250. The van der Waals surface area contributed by atoms with E-state index in [2.05, 4.69) is 30.2 Å². The molecule has 1 aliphatic heterocycles. The number of rotatable bonds is 5. The van der Waals surface area contributed by atoms with E-state index in [9.17, 15) is 0 Å². The molecule has 110 valence electrons. The molecular formula is C16H24N2O2. The Bertz CT molecular complexity index is 438. The predicted molar refractivity (Wildman–Crippen MR) is 77.8 cm³/mol. The lowest BCUT2D eigenvalue weighted by Gasteiger charge is -2.32. The summed E-state index contributed by atoms with van der Waals surface area (Å²) < 4.78 is 11.9. The van der Waals surface area contributed by atoms with Crippen molar-refractivity contribution < 1.29 is 9.47 Å². The molecule has 0 amide bonds. The molecule has 0 radical (unpaired) electrons. The van der Waals surface area contributed by atoms with Crippen molar-refractivity contribution in [2.75, 3.05) is 0 Å². The van der Waals surface area contributed by atoms with Gasteiger partial charge in [0.05, 0.1) is 17.9 Å². The van der Waals surface area contributed by atoms with Gasteiger partial charge in [-0.3, -0.25) is 4.98 Å². The maximum atomic E-state index is 6.11. The molecule has 1 aliphatic carbocycles. The number of hydrogen-bond acceptors (Lipinski definition) is 4. The van der Waals surface area contributed by atoms with Crippen molar-refractivity contribution in [3.63, 3.8) is 0 Å². The smallest absolute Gasteiger partial charge is 0.123 e. The average molecular weight is 276 g/mol. The summed E-state index contributed by atoms with van der Waals surface area (Å²) in [5.74, 6) is 0.930. The highest BCUT2D eigenvalue weighted by molar-refractivity contribution is 5.23. The minimum atomic E-state index is 0.250. The molecule has 1 N–H and O–H groups in total. The minimum Gasteiger partial charge on any atom is -0.490 e. The molecular weight excluding hydrogens is 252 g/mol. The van der Waals surface area contributed by atoms with Crippen LogP contribution >= 0.6 is 0 Å². The molecule has 2 fully saturated rings. The van der Waals surface area contributed by atoms with Crippen LogP contribution in [0.15, 0.2) is 18.3 Å². The van der Waals surface area contributed by atoms with Crippen molar-refractivity contribution in [3.05, 3.63) is 24.0 Å². The lowest BCUT2D eigenvalue weighted by atomic mass is 10.0. The van der Waals surface area contributed by atoms with Crippen molar-refractivity contribution in [2.24, 2.45) is 0 Å². The van der Waals surface area contributed by atoms with Crippen molar-refractivity contribution in [1.29, 1.82) is 0 Å². The van der Waals surface area contributed by atoms with E-state index in [4.69, 9.17) is 9.47 Å². The molecule has 0 aromatic carbocycles. The van der Waals surface area contributed by atoms with Crippen molar-refractivity contribution in [3.8, 4) is 5.75 Å². The summed E-state index contributed by atoms with van der Waals surface area (Å²) in [5.41, 5.74) is 1.06. The summed E-state index contributed by atoms with van der Waals surface area (Å²) in [4.78, 5) is 4.39. The van der Waals surface area contributed by atoms with Crippen LogP contribution in [-0.4, -0.2) is 29.3 Å². The van der Waals surface area contributed by atoms with Gasteiger partial charge in [-0.25, -0.2) is 0 Å². The van der Waals surface area contributed by atoms with E-state index >= 15 is 0 Å². The summed E-state index contributed by atoms with van der Waals surface area (Å²) in [6.07, 6.45) is 7.17. The van der Waals surface area contributed by atoms with Crippen LogP contribution in [0.4, 0.5) is 0 Å². The largest absolute Gasteiger partial charge is 0.490 e. The van der Waals surface area contributed by atoms with Gasteiger partial charge in [0.15, 0.2) is 0 Å². The monoisotopic (exact) mass is 276 g/mol. The Morgan fingerprint density at radius 3 is 2.75 bits per heavy atom. The fourth-order valence-corrected chi connectivity index (χ4v) is 2.80. The Kier molecular flexibility index (Phi) is 4.22. The van der Waals surface area contributed by atoms with Gasteiger partial charge in [0.25, 0.3) is 0 Å². The summed E-state index contributed by atoms with van der Waals surface area (Å²) in [7, 11) is 0. The second-order valence-electron chi connectivity index (χ2n) is 6.11. The van der Waals surface area contributed by atoms with Gasteiger partial charge in [-0.15, -0.1) is 0 Å². The van der Waals surface area contributed by atoms with E-state index in [1.807, 2.05) is 12.3 Å². The van der Waals surface area contributed by atoms with Crippen LogP contribution in [0.1, 0.15) is 45.2 Å². The first kappa shape index (κ1) is 13.8. The van der Waals surface area contributed by atoms with Crippen molar-refractivity contribution >= 4 is 0 Å². The number of nitrogens with one attached hydrogen (secondary N) is 1. The van der Waals surface area contributed by atoms with E-state index in [1.165, 1.54) is 12.8 Å². The van der Waals surface area contributed by atoms with Crippen LogP contribution in [0.3, 0.4) is 0 Å². The second kappa shape index (κ2) is 6.10. The molecule has 1 aromatic rings. The zero-order chi connectivity index (χ0) is 13.9. The van der Waals surface area contributed by atoms with E-state index in [-0.39, 0.29) is 18.3 Å². The first-order valence-corrected chi connectivity index (χ1v) is 7.69. The summed E-state index contributed by atoms with van der Waals surface area (Å²) in [6.45, 7) is 5.07. The molecule has 0 spiro atoms. The normalized spacial score (nSPS) is 30.2. The van der Waals surface area contributed by atoms with Crippen LogP contribution in [0.25, 0.3) is 0 Å². The van der Waals surface area contributed by atoms with E-state index in [0.717, 1.165) is 30.8 Å². The molecule has 4 nitrogen and oxygen atoms in total. The molecule has 2 atom stereocenters. The van der Waals surface area contributed by atoms with Gasteiger partial charge in [0.2, 0.25) is 0 Å². The van der Waals surface area contributed by atoms with Gasteiger partial charge in [0, 0.05) is 37.7 Å². The lowest BCUT2D eigenvalue weighted by Crippen LogP contribution is -2.35. The van der Waals surface area contributed by atoms with E-state index in [0.29, 0.717) is 6.04 Å². The molecule has 4 heteroatoms. The molecule has 2 unspecified atom stereocenters. The second-order valence-corrected chi connectivity index (χ2v) is 6.11. The third-order valence-corrected chi connectivity index (χ3v) is 3.89. The Morgan fingerprint density at radius 1 is 1.30 bits per heavy atom. The molecule has 2 heterocycles. The maximum absolute atomic E-state index is 6.11. The molecule has 20 heavy (non-hydrogen) atoms. The molecule has 1 aromatic heterocycles. The van der Waals surface area contributed by atoms with Gasteiger partial charge >= 0.3 is 0 Å². The quantitative estimate of drug-likeness (QED) is 0.898. The average Bonchev–Trinajstić information content (AvgIpc) is 3.19. The van der Waals surface area contributed by atoms with Crippen molar-refractivity contribution in [2.45, 2.75) is 70.4 Å². The summed E-state index contributed by atoms with van der Waals surface area (Å²) in [5, 5.41) is 3.48. The van der Waals surface area contributed by atoms with Crippen LogP contribution in [0.5, 0.6) is 5.75 Å². The highest BCUT2D eigenvalue weighted by atomic mass is 16.5.